The third-order valence-electron chi connectivity index (χ3n) is 2.86. The average Bonchev–Trinajstić information content (AvgIpc) is 2.18. The molecule has 94 valence electrons. The largest absolute Gasteiger partial charge is 0.325 e. The normalized spacial score (nSPS) is 11.4. The first-order chi connectivity index (χ1) is 7.70. The molecule has 2 N–H and O–H groups in total. The van der Waals surface area contributed by atoms with Gasteiger partial charge in [-0.25, -0.2) is 0 Å². The van der Waals surface area contributed by atoms with E-state index >= 15 is 0 Å². The minimum Gasteiger partial charge on any atom is -0.325 e. The Bertz CT molecular complexity index is 419. The van der Waals surface area contributed by atoms with Crippen LogP contribution in [0.3, 0.4) is 0 Å². The molecule has 0 aromatic heterocycles. The van der Waals surface area contributed by atoms with Crippen LogP contribution in [0.1, 0.15) is 31.4 Å². The maximum atomic E-state index is 12.0. The van der Waals surface area contributed by atoms with Gasteiger partial charge in [-0.05, 0) is 51.0 Å². The fraction of sp³-hybridized carbons (Fsp3) is 0.500. The van der Waals surface area contributed by atoms with E-state index in [2.05, 4.69) is 6.92 Å². The van der Waals surface area contributed by atoms with Gasteiger partial charge in [0.05, 0.1) is 0 Å². The van der Waals surface area contributed by atoms with Gasteiger partial charge in [0.25, 0.3) is 0 Å². The Balaban J connectivity index is 2.85. The zero-order chi connectivity index (χ0) is 13.2. The Morgan fingerprint density at radius 3 is 2.35 bits per heavy atom. The molecule has 0 aliphatic carbocycles. The minimum atomic E-state index is -0.467. The number of nitrogens with zero attached hydrogens (tertiary/aromatic N) is 1. The maximum Gasteiger partial charge on any atom is 0.228 e. The molecule has 0 heterocycles. The standard InChI is InChI=1S/C14H22N2O/c1-10-6-7-12(8-11(10)2)16(5)13(17)9-14(3,4)15/h6-8H,9,15H2,1-5H3. The lowest BCUT2D eigenvalue weighted by atomic mass is 10.0. The topological polar surface area (TPSA) is 46.3 Å². The molecule has 1 aromatic carbocycles. The summed E-state index contributed by atoms with van der Waals surface area (Å²) in [7, 11) is 1.79. The fourth-order valence-corrected chi connectivity index (χ4v) is 1.59. The van der Waals surface area contributed by atoms with Crippen LogP contribution in [0, 0.1) is 13.8 Å². The lowest BCUT2D eigenvalue weighted by molar-refractivity contribution is -0.119. The Morgan fingerprint density at radius 2 is 1.88 bits per heavy atom. The highest BCUT2D eigenvalue weighted by Crippen LogP contribution is 2.19. The monoisotopic (exact) mass is 234 g/mol. The highest BCUT2D eigenvalue weighted by atomic mass is 16.2. The van der Waals surface area contributed by atoms with Gasteiger partial charge in [-0.1, -0.05) is 6.07 Å². The molecule has 0 saturated heterocycles. The van der Waals surface area contributed by atoms with E-state index in [9.17, 15) is 4.79 Å². The van der Waals surface area contributed by atoms with Crippen LogP contribution in [0.15, 0.2) is 18.2 Å². The first-order valence-corrected chi connectivity index (χ1v) is 5.83. The molecule has 1 rings (SSSR count). The highest BCUT2D eigenvalue weighted by molar-refractivity contribution is 5.93. The second-order valence-corrected chi connectivity index (χ2v) is 5.39. The van der Waals surface area contributed by atoms with Gasteiger partial charge in [0.1, 0.15) is 0 Å². The van der Waals surface area contributed by atoms with E-state index in [1.54, 1.807) is 11.9 Å². The van der Waals surface area contributed by atoms with E-state index in [-0.39, 0.29) is 5.91 Å². The van der Waals surface area contributed by atoms with Crippen molar-refractivity contribution in [3.8, 4) is 0 Å². The van der Waals surface area contributed by atoms with Crippen molar-refractivity contribution >= 4 is 11.6 Å². The summed E-state index contributed by atoms with van der Waals surface area (Å²) in [5, 5.41) is 0. The molecular weight excluding hydrogens is 212 g/mol. The second-order valence-electron chi connectivity index (χ2n) is 5.39. The average molecular weight is 234 g/mol. The SMILES string of the molecule is Cc1ccc(N(C)C(=O)CC(C)(C)N)cc1C. The van der Waals surface area contributed by atoms with E-state index in [4.69, 9.17) is 5.73 Å². The summed E-state index contributed by atoms with van der Waals surface area (Å²) in [5.74, 6) is 0.0424. The molecule has 0 aliphatic rings. The van der Waals surface area contributed by atoms with Crippen LogP contribution < -0.4 is 10.6 Å². The second kappa shape index (κ2) is 4.88. The first kappa shape index (κ1) is 13.7. The van der Waals surface area contributed by atoms with Gasteiger partial charge in [-0.2, -0.15) is 0 Å². The summed E-state index contributed by atoms with van der Waals surface area (Å²) in [6, 6.07) is 6.02. The van der Waals surface area contributed by atoms with Gasteiger partial charge < -0.3 is 10.6 Å². The number of carbonyl (C=O) groups is 1. The number of hydrogen-bond acceptors (Lipinski definition) is 2. The van der Waals surface area contributed by atoms with E-state index in [0.29, 0.717) is 6.42 Å². The lowest BCUT2D eigenvalue weighted by Crippen LogP contribution is -2.39. The Kier molecular flexibility index (Phi) is 3.94. The van der Waals surface area contributed by atoms with Crippen LogP contribution in [-0.4, -0.2) is 18.5 Å². The molecular formula is C14H22N2O. The molecule has 0 aliphatic heterocycles. The molecule has 17 heavy (non-hydrogen) atoms. The molecule has 0 unspecified atom stereocenters. The predicted molar refractivity (Wildman–Crippen MR) is 72.2 cm³/mol. The van der Waals surface area contributed by atoms with Gasteiger partial charge in [0, 0.05) is 24.7 Å². The van der Waals surface area contributed by atoms with Gasteiger partial charge in [-0.3, -0.25) is 4.79 Å². The molecule has 0 fully saturated rings. The summed E-state index contributed by atoms with van der Waals surface area (Å²) >= 11 is 0. The van der Waals surface area contributed by atoms with Gasteiger partial charge in [-0.15, -0.1) is 0 Å². The lowest BCUT2D eigenvalue weighted by Gasteiger charge is -2.23. The Hall–Kier alpha value is -1.35. The summed E-state index contributed by atoms with van der Waals surface area (Å²) in [5.41, 5.74) is 8.73. The zero-order valence-electron chi connectivity index (χ0n) is 11.4. The molecule has 1 aromatic rings. The van der Waals surface area contributed by atoms with E-state index in [1.807, 2.05) is 39.0 Å². The molecule has 1 amide bonds. The van der Waals surface area contributed by atoms with E-state index in [0.717, 1.165) is 5.69 Å². The van der Waals surface area contributed by atoms with Gasteiger partial charge in [0.15, 0.2) is 0 Å². The molecule has 0 spiro atoms. The molecule has 0 radical (unpaired) electrons. The number of carbonyl (C=O) groups excluding carboxylic acids is 1. The number of hydrogen-bond donors (Lipinski definition) is 1. The van der Waals surface area contributed by atoms with Crippen molar-refractivity contribution in [1.82, 2.24) is 0 Å². The minimum absolute atomic E-state index is 0.0424. The number of benzene rings is 1. The Morgan fingerprint density at radius 1 is 1.29 bits per heavy atom. The predicted octanol–water partition coefficient (Wildman–Crippen LogP) is 2.39. The third-order valence-corrected chi connectivity index (χ3v) is 2.86. The first-order valence-electron chi connectivity index (χ1n) is 5.83. The summed E-state index contributed by atoms with van der Waals surface area (Å²) in [6.45, 7) is 7.83. The molecule has 0 bridgehead atoms. The van der Waals surface area contributed by atoms with Crippen LogP contribution in [0.2, 0.25) is 0 Å². The van der Waals surface area contributed by atoms with Crippen molar-refractivity contribution < 1.29 is 4.79 Å². The molecule has 0 saturated carbocycles. The number of rotatable bonds is 3. The van der Waals surface area contributed by atoms with Crippen molar-refractivity contribution in [3.63, 3.8) is 0 Å². The number of aryl methyl sites for hydroxylation is 2. The number of nitrogens with two attached hydrogens (primary N) is 1. The number of amides is 1. The van der Waals surface area contributed by atoms with Crippen LogP contribution in [0.4, 0.5) is 5.69 Å². The van der Waals surface area contributed by atoms with Crippen LogP contribution in [-0.2, 0) is 4.79 Å². The fourth-order valence-electron chi connectivity index (χ4n) is 1.59. The summed E-state index contributed by atoms with van der Waals surface area (Å²) < 4.78 is 0. The summed E-state index contributed by atoms with van der Waals surface area (Å²) in [4.78, 5) is 13.7. The van der Waals surface area contributed by atoms with Crippen molar-refractivity contribution in [2.75, 3.05) is 11.9 Å². The van der Waals surface area contributed by atoms with Crippen molar-refractivity contribution in [3.05, 3.63) is 29.3 Å². The van der Waals surface area contributed by atoms with Gasteiger partial charge in [0.2, 0.25) is 5.91 Å². The van der Waals surface area contributed by atoms with Gasteiger partial charge >= 0.3 is 0 Å². The van der Waals surface area contributed by atoms with Crippen LogP contribution in [0.5, 0.6) is 0 Å². The van der Waals surface area contributed by atoms with Crippen molar-refractivity contribution in [2.24, 2.45) is 5.73 Å². The van der Waals surface area contributed by atoms with E-state index in [1.165, 1.54) is 11.1 Å². The van der Waals surface area contributed by atoms with Crippen molar-refractivity contribution in [2.45, 2.75) is 39.7 Å². The maximum absolute atomic E-state index is 12.0. The smallest absolute Gasteiger partial charge is 0.228 e. The Labute approximate surface area is 104 Å². The van der Waals surface area contributed by atoms with Crippen molar-refractivity contribution in [1.29, 1.82) is 0 Å². The quantitative estimate of drug-likeness (QED) is 0.873. The molecule has 3 heteroatoms. The van der Waals surface area contributed by atoms with Crippen LogP contribution in [0.25, 0.3) is 0 Å². The zero-order valence-corrected chi connectivity index (χ0v) is 11.4. The molecule has 3 nitrogen and oxygen atoms in total. The number of anilines is 1. The van der Waals surface area contributed by atoms with E-state index < -0.39 is 5.54 Å². The third kappa shape index (κ3) is 3.86. The molecule has 0 atom stereocenters. The summed E-state index contributed by atoms with van der Waals surface area (Å²) in [6.07, 6.45) is 0.344. The highest BCUT2D eigenvalue weighted by Gasteiger charge is 2.20. The van der Waals surface area contributed by atoms with Crippen LogP contribution >= 0.6 is 0 Å².